The van der Waals surface area contributed by atoms with E-state index in [2.05, 4.69) is 0 Å². The van der Waals surface area contributed by atoms with Gasteiger partial charge in [0.2, 0.25) is 0 Å². The maximum atomic E-state index is 15.0. The third-order valence-corrected chi connectivity index (χ3v) is 5.18. The summed E-state index contributed by atoms with van der Waals surface area (Å²) in [5.74, 6) is -0.553. The molecular weight excluding hydrogens is 292 g/mol. The smallest absolute Gasteiger partial charge is 0.151 e. The molecule has 0 aliphatic heterocycles. The summed E-state index contributed by atoms with van der Waals surface area (Å²) >= 11 is 0. The first-order valence-electron chi connectivity index (χ1n) is 7.30. The van der Waals surface area contributed by atoms with Gasteiger partial charge in [-0.15, -0.1) is 0 Å². The van der Waals surface area contributed by atoms with E-state index >= 15 is 0 Å². The Morgan fingerprint density at radius 1 is 1.14 bits per heavy atom. The van der Waals surface area contributed by atoms with Gasteiger partial charge in [-0.3, -0.25) is 4.39 Å². The van der Waals surface area contributed by atoms with E-state index < -0.39 is 27.9 Å². The van der Waals surface area contributed by atoms with Crippen LogP contribution in [0, 0.1) is 11.3 Å². The number of methoxy groups -OCH3 is 1. The second-order valence-electron chi connectivity index (χ2n) is 7.31. The number of hydrogen-bond donors (Lipinski definition) is 0. The van der Waals surface area contributed by atoms with Gasteiger partial charge in [0, 0.05) is 13.7 Å². The molecule has 2 radical (unpaired) electrons. The summed E-state index contributed by atoms with van der Waals surface area (Å²) in [6, 6.07) is 0. The molecule has 0 heterocycles. The number of hydrogen-bond acceptors (Lipinski definition) is 2. The molecule has 0 aliphatic carbocycles. The molecule has 0 amide bonds. The Hall–Kier alpha value is 0.275. The highest BCUT2D eigenvalue weighted by molar-refractivity contribution is 7.19. The highest BCUT2D eigenvalue weighted by atomic mass is 31.0. The molecule has 0 aliphatic rings. The average molecular weight is 322 g/mol. The largest absolute Gasteiger partial charge is 0.382 e. The minimum absolute atomic E-state index is 0.283. The summed E-state index contributed by atoms with van der Waals surface area (Å²) in [7, 11) is 9.28. The predicted octanol–water partition coefficient (Wildman–Crippen LogP) is 3.88. The van der Waals surface area contributed by atoms with Crippen LogP contribution in [0.15, 0.2) is 0 Å². The monoisotopic (exact) mass is 322 g/mol. The van der Waals surface area contributed by atoms with Gasteiger partial charge < -0.3 is 9.47 Å². The van der Waals surface area contributed by atoms with Crippen molar-refractivity contribution >= 4 is 17.1 Å². The molecule has 124 valence electrons. The molecule has 0 aromatic rings. The van der Waals surface area contributed by atoms with Gasteiger partial charge >= 0.3 is 0 Å². The van der Waals surface area contributed by atoms with Crippen LogP contribution in [-0.2, 0) is 9.47 Å². The summed E-state index contributed by atoms with van der Waals surface area (Å²) in [5.41, 5.74) is -4.02. The molecule has 0 rings (SSSR count). The first-order valence-corrected chi connectivity index (χ1v) is 7.87. The third kappa shape index (κ3) is 5.15. The van der Waals surface area contributed by atoms with E-state index in [0.717, 1.165) is 0 Å². The molecule has 0 spiro atoms. The quantitative estimate of drug-likeness (QED) is 0.474. The fourth-order valence-electron chi connectivity index (χ4n) is 2.09. The van der Waals surface area contributed by atoms with Crippen LogP contribution in [0.5, 0.6) is 0 Å². The van der Waals surface area contributed by atoms with Crippen molar-refractivity contribution in [3.8, 4) is 0 Å². The van der Waals surface area contributed by atoms with Crippen molar-refractivity contribution in [2.75, 3.05) is 20.3 Å². The fourth-order valence-corrected chi connectivity index (χ4v) is 2.48. The zero-order chi connectivity index (χ0) is 17.1. The Labute approximate surface area is 132 Å². The Bertz CT molecular complexity index is 332. The van der Waals surface area contributed by atoms with Gasteiger partial charge in [0.1, 0.15) is 13.4 Å². The molecule has 0 saturated heterocycles. The van der Waals surface area contributed by atoms with Crippen LogP contribution in [0.1, 0.15) is 48.0 Å². The number of alkyl halides is 2. The van der Waals surface area contributed by atoms with Crippen molar-refractivity contribution in [3.63, 3.8) is 0 Å². The molecule has 2 nitrogen and oxygen atoms in total. The normalized spacial score (nSPS) is 19.4. The highest BCUT2D eigenvalue weighted by Crippen LogP contribution is 2.51. The van der Waals surface area contributed by atoms with Crippen molar-refractivity contribution < 1.29 is 18.3 Å². The van der Waals surface area contributed by atoms with E-state index in [-0.39, 0.29) is 6.61 Å². The number of ether oxygens (including phenoxy) is 2. The maximum Gasteiger partial charge on any atom is 0.151 e. The van der Waals surface area contributed by atoms with Gasteiger partial charge in [-0.25, -0.2) is 4.39 Å². The van der Waals surface area contributed by atoms with Gasteiger partial charge in [-0.1, -0.05) is 36.9 Å². The van der Waals surface area contributed by atoms with E-state index in [9.17, 15) is 8.78 Å². The lowest BCUT2D eigenvalue weighted by Gasteiger charge is -2.48. The van der Waals surface area contributed by atoms with Crippen molar-refractivity contribution in [1.82, 2.24) is 0 Å². The number of rotatable bonds is 9. The fraction of sp³-hybridized carbons (Fsp3) is 1.00. The van der Waals surface area contributed by atoms with Gasteiger partial charge in [-0.2, -0.15) is 0 Å². The zero-order valence-corrected chi connectivity index (χ0v) is 15.6. The summed E-state index contributed by atoms with van der Waals surface area (Å²) in [5, 5.41) is -2.20. The molecule has 6 heteroatoms. The molecule has 0 saturated carbocycles. The molecular formula is C15H30BF2O2P. The van der Waals surface area contributed by atoms with E-state index in [1.807, 2.05) is 23.1 Å². The minimum Gasteiger partial charge on any atom is -0.382 e. The molecule has 0 bridgehead atoms. The van der Waals surface area contributed by atoms with Gasteiger partial charge in [0.25, 0.3) is 0 Å². The van der Waals surface area contributed by atoms with Crippen molar-refractivity contribution in [2.45, 2.75) is 64.5 Å². The lowest BCUT2D eigenvalue weighted by molar-refractivity contribution is -0.0894. The lowest BCUT2D eigenvalue weighted by Crippen LogP contribution is -2.57. The maximum absolute atomic E-state index is 15.0. The van der Waals surface area contributed by atoms with Crippen molar-refractivity contribution in [1.29, 1.82) is 0 Å². The lowest BCUT2D eigenvalue weighted by atomic mass is 9.58. The number of halogens is 2. The van der Waals surface area contributed by atoms with Crippen LogP contribution in [0.2, 0.25) is 0 Å². The third-order valence-electron chi connectivity index (χ3n) is 4.09. The molecule has 0 N–H and O–H groups in total. The summed E-state index contributed by atoms with van der Waals surface area (Å²) in [6.45, 7) is 11.0. The highest BCUT2D eigenvalue weighted by Gasteiger charge is 2.56. The first-order chi connectivity index (χ1) is 9.21. The Kier molecular flexibility index (Phi) is 7.33. The van der Waals surface area contributed by atoms with E-state index in [0.29, 0.717) is 13.0 Å². The standard InChI is InChI=1S/C15H30BF2O2P/c1-11(2)14(17,21)15(16,18)12(3,4)8-9-20-13(5,6)10-19-7/h11H,8-10,21H2,1-7H3. The van der Waals surface area contributed by atoms with Crippen LogP contribution in [0.4, 0.5) is 8.78 Å². The Balaban J connectivity index is 4.83. The topological polar surface area (TPSA) is 18.5 Å². The average Bonchev–Trinajstić information content (AvgIpc) is 2.27. The van der Waals surface area contributed by atoms with Gasteiger partial charge in [0.05, 0.1) is 12.2 Å². The Morgan fingerprint density at radius 3 is 2.00 bits per heavy atom. The second-order valence-corrected chi connectivity index (χ2v) is 8.15. The van der Waals surface area contributed by atoms with Crippen molar-refractivity contribution in [3.05, 3.63) is 0 Å². The van der Waals surface area contributed by atoms with E-state index in [1.54, 1.807) is 34.8 Å². The zero-order valence-electron chi connectivity index (χ0n) is 14.4. The molecule has 21 heavy (non-hydrogen) atoms. The van der Waals surface area contributed by atoms with Crippen LogP contribution in [0.3, 0.4) is 0 Å². The molecule has 3 unspecified atom stereocenters. The summed E-state index contributed by atoms with van der Waals surface area (Å²) in [6.07, 6.45) is 0.305. The molecule has 0 fully saturated rings. The SMILES string of the molecule is [B]C(F)(C(C)(C)CCOC(C)(C)COC)C(F)(P)C(C)C. The molecule has 0 aromatic heterocycles. The van der Waals surface area contributed by atoms with Crippen LogP contribution in [0.25, 0.3) is 0 Å². The van der Waals surface area contributed by atoms with Crippen LogP contribution >= 0.6 is 9.24 Å². The minimum atomic E-state index is -2.48. The van der Waals surface area contributed by atoms with Gasteiger partial charge in [0.15, 0.2) is 5.41 Å². The predicted molar refractivity (Wildman–Crippen MR) is 88.3 cm³/mol. The molecule has 3 atom stereocenters. The van der Waals surface area contributed by atoms with Crippen molar-refractivity contribution in [2.24, 2.45) is 11.3 Å². The summed E-state index contributed by atoms with van der Waals surface area (Å²) < 4.78 is 40.4. The van der Waals surface area contributed by atoms with Crippen LogP contribution in [-0.4, -0.2) is 44.7 Å². The van der Waals surface area contributed by atoms with E-state index in [4.69, 9.17) is 17.3 Å². The van der Waals surface area contributed by atoms with Crippen LogP contribution < -0.4 is 0 Å². The van der Waals surface area contributed by atoms with E-state index in [1.165, 1.54) is 0 Å². The summed E-state index contributed by atoms with van der Waals surface area (Å²) in [4.78, 5) is 0. The second kappa shape index (κ2) is 7.23. The molecule has 0 aromatic carbocycles. The Morgan fingerprint density at radius 2 is 1.62 bits per heavy atom. The first kappa shape index (κ1) is 21.3. The van der Waals surface area contributed by atoms with Gasteiger partial charge in [-0.05, 0) is 31.6 Å².